The van der Waals surface area contributed by atoms with E-state index in [1.807, 2.05) is 18.3 Å². The molecule has 2 nitrogen and oxygen atoms in total. The van der Waals surface area contributed by atoms with E-state index in [0.717, 1.165) is 5.69 Å². The van der Waals surface area contributed by atoms with Crippen molar-refractivity contribution in [3.8, 4) is 44.8 Å². The Morgan fingerprint density at radius 1 is 0.379 bits per heavy atom. The molecule has 272 valence electrons. The van der Waals surface area contributed by atoms with Crippen molar-refractivity contribution < 1.29 is 0 Å². The normalized spacial score (nSPS) is 11.9. The Morgan fingerprint density at radius 2 is 0.948 bits per heavy atom. The van der Waals surface area contributed by atoms with E-state index < -0.39 is 0 Å². The Labute approximate surface area is 339 Å². The van der Waals surface area contributed by atoms with Crippen LogP contribution < -0.4 is 0 Å². The summed E-state index contributed by atoms with van der Waals surface area (Å²) in [5.41, 5.74) is 15.0. The highest BCUT2D eigenvalue weighted by molar-refractivity contribution is 7.26. The summed E-state index contributed by atoms with van der Waals surface area (Å²) < 4.78 is 7.53. The summed E-state index contributed by atoms with van der Waals surface area (Å²) in [6.45, 7) is 5.25. The van der Waals surface area contributed by atoms with Gasteiger partial charge in [0.1, 0.15) is 0 Å². The van der Waals surface area contributed by atoms with Gasteiger partial charge in [0, 0.05) is 53.1 Å². The van der Waals surface area contributed by atoms with Gasteiger partial charge < -0.3 is 9.13 Å². The summed E-state index contributed by atoms with van der Waals surface area (Å²) in [7, 11) is 0. The van der Waals surface area contributed by atoms with Crippen molar-refractivity contribution >= 4 is 85.9 Å². The van der Waals surface area contributed by atoms with Crippen molar-refractivity contribution in [1.82, 2.24) is 9.13 Å². The molecule has 0 saturated carbocycles. The second kappa shape index (κ2) is 12.7. The maximum atomic E-state index is 3.36. The van der Waals surface area contributed by atoms with Gasteiger partial charge in [-0.2, -0.15) is 0 Å². The number of aromatic nitrogens is 2. The third-order valence-electron chi connectivity index (χ3n) is 12.0. The Balaban J connectivity index is 0.00000119. The second-order valence-electron chi connectivity index (χ2n) is 15.3. The fraction of sp³-hybridized carbons (Fsp3) is 0.0182. The average Bonchev–Trinajstić information content (AvgIpc) is 4.01. The third kappa shape index (κ3) is 4.65. The number of nitrogens with zero attached hydrogens (tertiary/aromatic N) is 2. The van der Waals surface area contributed by atoms with Gasteiger partial charge in [-0.1, -0.05) is 121 Å². The molecule has 0 saturated heterocycles. The number of para-hydroxylation sites is 3. The zero-order valence-corrected chi connectivity index (χ0v) is 32.7. The zero-order chi connectivity index (χ0) is 38.5. The van der Waals surface area contributed by atoms with E-state index in [4.69, 9.17) is 0 Å². The Bertz CT molecular complexity index is 3650. The van der Waals surface area contributed by atoms with Gasteiger partial charge in [-0.15, -0.1) is 17.9 Å². The molecule has 9 aromatic carbocycles. The quantitative estimate of drug-likeness (QED) is 0.159. The summed E-state index contributed by atoms with van der Waals surface area (Å²) in [6, 6.07) is 67.5. The number of rotatable bonds is 3. The fourth-order valence-corrected chi connectivity index (χ4v) is 10.8. The first kappa shape index (κ1) is 33.0. The van der Waals surface area contributed by atoms with E-state index in [0.29, 0.717) is 0 Å². The second-order valence-corrected chi connectivity index (χ2v) is 16.4. The summed E-state index contributed by atoms with van der Waals surface area (Å²) in [5.74, 6) is 0. The molecule has 1 aliphatic rings. The molecule has 0 aliphatic heterocycles. The Kier molecular flexibility index (Phi) is 7.20. The molecule has 0 N–H and O–H groups in total. The lowest BCUT2D eigenvalue weighted by atomic mass is 9.96. The molecule has 0 radical (unpaired) electrons. The number of thiophene rings is 1. The van der Waals surface area contributed by atoms with Crippen LogP contribution in [0.5, 0.6) is 0 Å². The van der Waals surface area contributed by atoms with Crippen LogP contribution in [0.3, 0.4) is 0 Å². The van der Waals surface area contributed by atoms with Crippen molar-refractivity contribution in [2.24, 2.45) is 0 Å². The van der Waals surface area contributed by atoms with Crippen LogP contribution in [0.2, 0.25) is 0 Å². The van der Waals surface area contributed by atoms with Crippen molar-refractivity contribution in [3.05, 3.63) is 195 Å². The number of fused-ring (bicyclic) bond motifs is 13. The highest BCUT2D eigenvalue weighted by Gasteiger charge is 2.24. The number of hydrogen-bond acceptors (Lipinski definition) is 1. The minimum Gasteiger partial charge on any atom is -0.309 e. The lowest BCUT2D eigenvalue weighted by Crippen LogP contribution is -1.96. The van der Waals surface area contributed by atoms with E-state index in [2.05, 4.69) is 198 Å². The monoisotopic (exact) mass is 756 g/mol. The lowest BCUT2D eigenvalue weighted by Gasteiger charge is -2.11. The zero-order valence-electron chi connectivity index (χ0n) is 31.9. The van der Waals surface area contributed by atoms with Gasteiger partial charge in [0.2, 0.25) is 0 Å². The fourth-order valence-electron chi connectivity index (χ4n) is 9.70. The van der Waals surface area contributed by atoms with Crippen LogP contribution in [0.1, 0.15) is 6.92 Å². The predicted molar refractivity (Wildman–Crippen MR) is 251 cm³/mol. The van der Waals surface area contributed by atoms with Crippen LogP contribution in [0.4, 0.5) is 0 Å². The van der Waals surface area contributed by atoms with Gasteiger partial charge >= 0.3 is 0 Å². The summed E-state index contributed by atoms with van der Waals surface area (Å²) >= 11 is 1.91. The highest BCUT2D eigenvalue weighted by atomic mass is 32.1. The first-order valence-corrected chi connectivity index (χ1v) is 20.7. The molecular formula is C55H36N2S. The molecule has 0 atom stereocenters. The first-order valence-electron chi connectivity index (χ1n) is 19.9. The van der Waals surface area contributed by atoms with E-state index in [1.165, 1.54) is 114 Å². The van der Waals surface area contributed by atoms with E-state index in [1.54, 1.807) is 6.08 Å². The standard InChI is InChI=1S/C52H30N2S.C3H6/c1-2-11-33(12-3-1)53-45-19-8-6-15-37(45)39-24-23-34(29-48(39)53)54-46-20-9-7-16-38(46)42-27-31(21-25-47(42)54)32-22-26-49-44(28-32)52-41-18-10-17-40-35-13-4-5-14-36(35)43(51(40)41)30-50(52)55-49;1-3-2/h1-30H;3H,1H2,2H3. The van der Waals surface area contributed by atoms with Crippen molar-refractivity contribution in [2.75, 3.05) is 0 Å². The van der Waals surface area contributed by atoms with Crippen molar-refractivity contribution in [1.29, 1.82) is 0 Å². The van der Waals surface area contributed by atoms with Gasteiger partial charge in [0.05, 0.1) is 22.1 Å². The van der Waals surface area contributed by atoms with E-state index in [-0.39, 0.29) is 0 Å². The van der Waals surface area contributed by atoms with Crippen molar-refractivity contribution in [2.45, 2.75) is 6.92 Å². The molecule has 3 heterocycles. The van der Waals surface area contributed by atoms with Crippen LogP contribution in [0.15, 0.2) is 195 Å². The number of hydrogen-bond donors (Lipinski definition) is 0. The Hall–Kier alpha value is -7.20. The summed E-state index contributed by atoms with van der Waals surface area (Å²) in [5, 5.41) is 10.5. The Morgan fingerprint density at radius 3 is 1.72 bits per heavy atom. The molecule has 0 bridgehead atoms. The molecule has 0 amide bonds. The maximum absolute atomic E-state index is 3.36. The molecule has 1 aliphatic carbocycles. The summed E-state index contributed by atoms with van der Waals surface area (Å²) in [4.78, 5) is 0. The highest BCUT2D eigenvalue weighted by Crippen LogP contribution is 2.52. The van der Waals surface area contributed by atoms with E-state index in [9.17, 15) is 0 Å². The van der Waals surface area contributed by atoms with Crippen molar-refractivity contribution in [3.63, 3.8) is 0 Å². The molecule has 58 heavy (non-hydrogen) atoms. The molecule has 13 rings (SSSR count). The van der Waals surface area contributed by atoms with Crippen LogP contribution >= 0.6 is 11.3 Å². The van der Waals surface area contributed by atoms with Crippen LogP contribution in [-0.4, -0.2) is 9.13 Å². The predicted octanol–water partition coefficient (Wildman–Crippen LogP) is 15.9. The third-order valence-corrected chi connectivity index (χ3v) is 13.2. The van der Waals surface area contributed by atoms with Crippen LogP contribution in [0, 0.1) is 0 Å². The maximum Gasteiger partial charge on any atom is 0.0561 e. The van der Waals surface area contributed by atoms with Crippen LogP contribution in [-0.2, 0) is 0 Å². The molecule has 0 spiro atoms. The topological polar surface area (TPSA) is 9.86 Å². The molecule has 3 aromatic heterocycles. The lowest BCUT2D eigenvalue weighted by molar-refractivity contribution is 1.15. The minimum atomic E-state index is 1.16. The largest absolute Gasteiger partial charge is 0.309 e. The summed E-state index contributed by atoms with van der Waals surface area (Å²) in [6.07, 6.45) is 1.75. The number of allylic oxidation sites excluding steroid dienone is 1. The number of benzene rings is 9. The van der Waals surface area contributed by atoms with Gasteiger partial charge in [-0.3, -0.25) is 0 Å². The molecule has 0 unspecified atom stereocenters. The first-order chi connectivity index (χ1) is 28.7. The van der Waals surface area contributed by atoms with E-state index >= 15 is 0 Å². The minimum absolute atomic E-state index is 1.16. The molecule has 0 fully saturated rings. The smallest absolute Gasteiger partial charge is 0.0561 e. The van der Waals surface area contributed by atoms with Gasteiger partial charge in [0.25, 0.3) is 0 Å². The van der Waals surface area contributed by atoms with Crippen LogP contribution in [0.25, 0.3) is 119 Å². The van der Waals surface area contributed by atoms with Gasteiger partial charge in [-0.25, -0.2) is 0 Å². The van der Waals surface area contributed by atoms with Gasteiger partial charge in [0.15, 0.2) is 0 Å². The molecular weight excluding hydrogens is 721 g/mol. The SMILES string of the molecule is C=CC.c1ccc(-n2c3ccccc3c3ccc(-n4c5ccccc5c5cc(-c6ccc7sc8cc9c%10c(cccc%10c8c7c6)-c6ccccc6-9)ccc54)cc32)cc1. The molecule has 12 aromatic rings. The van der Waals surface area contributed by atoms with Gasteiger partial charge in [-0.05, 0) is 118 Å². The average molecular weight is 757 g/mol. The molecule has 3 heteroatoms.